The van der Waals surface area contributed by atoms with Gasteiger partial charge in [-0.25, -0.2) is 4.39 Å². The van der Waals surface area contributed by atoms with Gasteiger partial charge in [0.2, 0.25) is 5.91 Å². The van der Waals surface area contributed by atoms with Gasteiger partial charge in [-0.05, 0) is 28.8 Å². The van der Waals surface area contributed by atoms with E-state index in [0.29, 0.717) is 26.2 Å². The van der Waals surface area contributed by atoms with Gasteiger partial charge >= 0.3 is 0 Å². The van der Waals surface area contributed by atoms with Crippen LogP contribution in [0.25, 0.3) is 0 Å². The summed E-state index contributed by atoms with van der Waals surface area (Å²) in [5, 5.41) is 6.31. The molecule has 0 aliphatic carbocycles. The first-order valence-electron chi connectivity index (χ1n) is 9.19. The van der Waals surface area contributed by atoms with Crippen molar-refractivity contribution in [3.63, 3.8) is 0 Å². The Hall–Kier alpha value is -1.99. The van der Waals surface area contributed by atoms with Gasteiger partial charge in [0.25, 0.3) is 0 Å². The van der Waals surface area contributed by atoms with Crippen LogP contribution in [0.15, 0.2) is 48.5 Å². The second-order valence-corrected chi connectivity index (χ2v) is 6.78. The molecule has 1 amide bonds. The van der Waals surface area contributed by atoms with Crippen LogP contribution < -0.4 is 10.6 Å². The zero-order valence-electron chi connectivity index (χ0n) is 16.0. The molecule has 3 rings (SSSR count). The summed E-state index contributed by atoms with van der Waals surface area (Å²) in [6.45, 7) is 3.59. The number of rotatable bonds is 7. The maximum atomic E-state index is 13.6. The molecule has 2 N–H and O–H groups in total. The Morgan fingerprint density at radius 3 is 2.82 bits per heavy atom. The Morgan fingerprint density at radius 2 is 2.04 bits per heavy atom. The van der Waals surface area contributed by atoms with Gasteiger partial charge in [-0.3, -0.25) is 9.69 Å². The van der Waals surface area contributed by atoms with Crippen molar-refractivity contribution in [1.29, 1.82) is 0 Å². The third-order valence-electron chi connectivity index (χ3n) is 4.73. The van der Waals surface area contributed by atoms with Crippen molar-refractivity contribution >= 4 is 18.3 Å². The number of halogens is 2. The van der Waals surface area contributed by atoms with E-state index in [1.165, 1.54) is 6.07 Å². The number of benzene rings is 2. The summed E-state index contributed by atoms with van der Waals surface area (Å²) in [5.41, 5.74) is 3.01. The van der Waals surface area contributed by atoms with E-state index in [-0.39, 0.29) is 30.2 Å². The molecule has 0 aromatic heterocycles. The number of nitrogens with one attached hydrogen (secondary N) is 2. The molecule has 0 spiro atoms. The molecule has 1 unspecified atom stereocenters. The minimum atomic E-state index is -0.251. The first-order chi connectivity index (χ1) is 13.2. The van der Waals surface area contributed by atoms with Crippen molar-refractivity contribution < 1.29 is 13.9 Å². The van der Waals surface area contributed by atoms with Gasteiger partial charge in [-0.1, -0.05) is 36.4 Å². The van der Waals surface area contributed by atoms with E-state index < -0.39 is 0 Å². The average Bonchev–Trinajstić information content (AvgIpc) is 2.67. The van der Waals surface area contributed by atoms with Crippen LogP contribution in [0.4, 0.5) is 4.39 Å². The summed E-state index contributed by atoms with van der Waals surface area (Å²) in [6.07, 6.45) is 0. The topological polar surface area (TPSA) is 53.6 Å². The molecule has 1 aliphatic rings. The highest BCUT2D eigenvalue weighted by molar-refractivity contribution is 5.85. The molecule has 5 nitrogen and oxygen atoms in total. The van der Waals surface area contributed by atoms with E-state index in [1.807, 2.05) is 30.3 Å². The Kier molecular flexibility index (Phi) is 8.86. The van der Waals surface area contributed by atoms with Gasteiger partial charge in [0.1, 0.15) is 5.82 Å². The van der Waals surface area contributed by atoms with Crippen molar-refractivity contribution in [1.82, 2.24) is 15.5 Å². The summed E-state index contributed by atoms with van der Waals surface area (Å²) in [6, 6.07) is 14.6. The van der Waals surface area contributed by atoms with Crippen LogP contribution in [0.2, 0.25) is 0 Å². The van der Waals surface area contributed by atoms with E-state index in [1.54, 1.807) is 19.2 Å². The molecular weight excluding hydrogens is 381 g/mol. The van der Waals surface area contributed by atoms with E-state index in [2.05, 4.69) is 15.5 Å². The van der Waals surface area contributed by atoms with Gasteiger partial charge in [-0.2, -0.15) is 0 Å². The summed E-state index contributed by atoms with van der Waals surface area (Å²) in [4.78, 5) is 14.6. The van der Waals surface area contributed by atoms with Crippen LogP contribution in [-0.2, 0) is 22.7 Å². The summed E-state index contributed by atoms with van der Waals surface area (Å²) >= 11 is 0. The normalized spacial score (nSPS) is 17.0. The molecule has 2 aromatic rings. The molecule has 152 valence electrons. The quantitative estimate of drug-likeness (QED) is 0.741. The lowest BCUT2D eigenvalue weighted by atomic mass is 10.0. The minimum absolute atomic E-state index is 0. The summed E-state index contributed by atoms with van der Waals surface area (Å²) in [7, 11) is 1.66. The standard InChI is InChI=1S/C21H26FN3O2.ClH/c1-27-15-17-5-2-4-16(10-17)12-24-21(26)14-25-9-8-23-13-20(25)18-6-3-7-19(22)11-18;/h2-7,10-11,20,23H,8-9,12-15H2,1H3,(H,24,26);1H. The Balaban J connectivity index is 0.00000280. The maximum Gasteiger partial charge on any atom is 0.234 e. The van der Waals surface area contributed by atoms with Crippen LogP contribution in [0.3, 0.4) is 0 Å². The molecule has 0 saturated carbocycles. The predicted octanol–water partition coefficient (Wildman–Crippen LogP) is 2.66. The Labute approximate surface area is 171 Å². The largest absolute Gasteiger partial charge is 0.380 e. The number of ether oxygens (including phenoxy) is 1. The minimum Gasteiger partial charge on any atom is -0.380 e. The van der Waals surface area contributed by atoms with E-state index in [9.17, 15) is 9.18 Å². The molecule has 1 aliphatic heterocycles. The third kappa shape index (κ3) is 6.27. The molecule has 0 bridgehead atoms. The molecule has 1 fully saturated rings. The highest BCUT2D eigenvalue weighted by atomic mass is 35.5. The molecule has 1 heterocycles. The van der Waals surface area contributed by atoms with E-state index in [0.717, 1.165) is 29.8 Å². The number of amides is 1. The lowest BCUT2D eigenvalue weighted by molar-refractivity contribution is -0.123. The summed E-state index contributed by atoms with van der Waals surface area (Å²) < 4.78 is 18.7. The van der Waals surface area contributed by atoms with E-state index >= 15 is 0 Å². The molecular formula is C21H27ClFN3O2. The number of carbonyl (C=O) groups is 1. The van der Waals surface area contributed by atoms with Gasteiger partial charge in [0.15, 0.2) is 0 Å². The SMILES string of the molecule is COCc1cccc(CNC(=O)CN2CCNCC2c2cccc(F)c2)c1.Cl. The van der Waals surface area contributed by atoms with E-state index in [4.69, 9.17) is 4.74 Å². The third-order valence-corrected chi connectivity index (χ3v) is 4.73. The molecule has 7 heteroatoms. The maximum absolute atomic E-state index is 13.6. The first kappa shape index (κ1) is 22.3. The lowest BCUT2D eigenvalue weighted by Gasteiger charge is -2.36. The fourth-order valence-electron chi connectivity index (χ4n) is 3.42. The first-order valence-corrected chi connectivity index (χ1v) is 9.19. The zero-order valence-corrected chi connectivity index (χ0v) is 16.8. The van der Waals surface area contributed by atoms with Gasteiger partial charge < -0.3 is 15.4 Å². The monoisotopic (exact) mass is 407 g/mol. The van der Waals surface area contributed by atoms with Crippen molar-refractivity contribution in [2.75, 3.05) is 33.3 Å². The predicted molar refractivity (Wildman–Crippen MR) is 110 cm³/mol. The fraction of sp³-hybridized carbons (Fsp3) is 0.381. The average molecular weight is 408 g/mol. The van der Waals surface area contributed by atoms with Crippen LogP contribution >= 0.6 is 12.4 Å². The molecule has 28 heavy (non-hydrogen) atoms. The van der Waals surface area contributed by atoms with Gasteiger partial charge in [0.05, 0.1) is 13.2 Å². The number of hydrogen-bond donors (Lipinski definition) is 2. The summed E-state index contributed by atoms with van der Waals surface area (Å²) in [5.74, 6) is -0.283. The van der Waals surface area contributed by atoms with Crippen LogP contribution in [-0.4, -0.2) is 44.1 Å². The number of piperazine rings is 1. The van der Waals surface area contributed by atoms with Gasteiger partial charge in [0, 0.05) is 39.3 Å². The fourth-order valence-corrected chi connectivity index (χ4v) is 3.42. The number of hydrogen-bond acceptors (Lipinski definition) is 4. The van der Waals surface area contributed by atoms with Crippen LogP contribution in [0.1, 0.15) is 22.7 Å². The smallest absolute Gasteiger partial charge is 0.234 e. The number of nitrogens with zero attached hydrogens (tertiary/aromatic N) is 1. The second-order valence-electron chi connectivity index (χ2n) is 6.78. The molecule has 0 radical (unpaired) electrons. The second kappa shape index (κ2) is 11.1. The Morgan fingerprint density at radius 1 is 1.25 bits per heavy atom. The van der Waals surface area contributed by atoms with Gasteiger partial charge in [-0.15, -0.1) is 12.4 Å². The van der Waals surface area contributed by atoms with Crippen LogP contribution in [0.5, 0.6) is 0 Å². The lowest BCUT2D eigenvalue weighted by Crippen LogP contribution is -2.49. The van der Waals surface area contributed by atoms with Crippen molar-refractivity contribution in [2.24, 2.45) is 0 Å². The van der Waals surface area contributed by atoms with Crippen molar-refractivity contribution in [3.05, 3.63) is 71.0 Å². The highest BCUT2D eigenvalue weighted by Crippen LogP contribution is 2.22. The number of methoxy groups -OCH3 is 1. The van der Waals surface area contributed by atoms with Crippen molar-refractivity contribution in [3.8, 4) is 0 Å². The number of carbonyl (C=O) groups excluding carboxylic acids is 1. The Bertz CT molecular complexity index is 775. The molecule has 2 aromatic carbocycles. The van der Waals surface area contributed by atoms with Crippen molar-refractivity contribution in [2.45, 2.75) is 19.2 Å². The molecule has 1 saturated heterocycles. The zero-order chi connectivity index (χ0) is 19.1. The van der Waals surface area contributed by atoms with Crippen LogP contribution in [0, 0.1) is 5.82 Å². The highest BCUT2D eigenvalue weighted by Gasteiger charge is 2.25. The molecule has 1 atom stereocenters.